The summed E-state index contributed by atoms with van der Waals surface area (Å²) >= 11 is 5.10. The Morgan fingerprint density at radius 1 is 0.500 bits per heavy atom. The molecule has 6 aromatic heterocycles. The molecule has 0 atom stereocenters. The molecule has 50 heavy (non-hydrogen) atoms. The fraction of sp³-hybridized carbons (Fsp3) is 0.366. The highest BCUT2D eigenvalue weighted by Gasteiger charge is 1.89. The van der Waals surface area contributed by atoms with Gasteiger partial charge in [-0.15, -0.1) is 34.4 Å². The van der Waals surface area contributed by atoms with Crippen molar-refractivity contribution in [2.75, 3.05) is 6.26 Å². The Morgan fingerprint density at radius 2 is 0.960 bits per heavy atom. The molecule has 0 aliphatic carbocycles. The summed E-state index contributed by atoms with van der Waals surface area (Å²) in [5.41, 5.74) is 10.2. The first-order valence-corrected chi connectivity index (χ1v) is 18.7. The fourth-order valence-corrected chi connectivity index (χ4v) is 4.99. The van der Waals surface area contributed by atoms with Gasteiger partial charge in [0, 0.05) is 74.1 Å². The molecular formula is C41H60N6S3. The van der Waals surface area contributed by atoms with Gasteiger partial charge in [0.25, 0.3) is 0 Å². The Bertz CT molecular complexity index is 1520. The fourth-order valence-electron chi connectivity index (χ4n) is 3.45. The van der Waals surface area contributed by atoms with Gasteiger partial charge in [-0.1, -0.05) is 40.0 Å². The van der Waals surface area contributed by atoms with Crippen molar-refractivity contribution in [3.63, 3.8) is 0 Å². The quantitative estimate of drug-likeness (QED) is 0.164. The summed E-state index contributed by atoms with van der Waals surface area (Å²) in [4.78, 5) is 26.0. The van der Waals surface area contributed by atoms with E-state index >= 15 is 0 Å². The third-order valence-electron chi connectivity index (χ3n) is 6.06. The van der Waals surface area contributed by atoms with Gasteiger partial charge in [-0.2, -0.15) is 0 Å². The van der Waals surface area contributed by atoms with Crippen molar-refractivity contribution in [1.29, 1.82) is 0 Å². The highest BCUT2D eigenvalue weighted by atomic mass is 32.2. The van der Waals surface area contributed by atoms with Crippen molar-refractivity contribution in [1.82, 2.24) is 29.9 Å². The van der Waals surface area contributed by atoms with E-state index in [1.54, 1.807) is 34.4 Å². The minimum Gasteiger partial charge on any atom is -0.261 e. The van der Waals surface area contributed by atoms with Gasteiger partial charge in [-0.25, -0.2) is 9.97 Å². The summed E-state index contributed by atoms with van der Waals surface area (Å²) in [5.74, 6) is 0. The molecule has 0 saturated carbocycles. The number of thiazole rings is 2. The first-order chi connectivity index (χ1) is 22.8. The second kappa shape index (κ2) is 28.0. The predicted molar refractivity (Wildman–Crippen MR) is 223 cm³/mol. The van der Waals surface area contributed by atoms with Crippen LogP contribution >= 0.6 is 34.4 Å². The van der Waals surface area contributed by atoms with Crippen molar-refractivity contribution in [2.24, 2.45) is 0 Å². The standard InChI is InChI=1S/C8H11N.C7H9NS.2C7H9N.2C5H7NS.2CH4/c1-3-8-5-4-7(2)9-6-8;1-6-3-4-7(9-2)5-8-6;1-6-3-4-7(2)8-5-6;1-6-4-3-5-7(2)8-6;2*1-4-3-7-5(2)6-4;;/h4-6H,3H2,1-2H3;3-5H,1-2H3;2*3-5H,1-2H3;2*3H,1-2H3;2*1H4. The second-order valence-electron chi connectivity index (χ2n) is 10.9. The monoisotopic (exact) mass is 732 g/mol. The van der Waals surface area contributed by atoms with Crippen molar-refractivity contribution < 1.29 is 0 Å². The number of nitrogens with zero attached hydrogens (tertiary/aromatic N) is 6. The first-order valence-electron chi connectivity index (χ1n) is 15.8. The average molecular weight is 733 g/mol. The van der Waals surface area contributed by atoms with Crippen LogP contribution in [0.4, 0.5) is 0 Å². The molecule has 6 heterocycles. The lowest BCUT2D eigenvalue weighted by Gasteiger charge is -1.93. The van der Waals surface area contributed by atoms with Crippen LogP contribution in [0, 0.1) is 69.2 Å². The Hall–Kier alpha value is -3.79. The Balaban J connectivity index is 0. The van der Waals surface area contributed by atoms with Gasteiger partial charge in [0.1, 0.15) is 0 Å². The SMILES string of the molecule is C.C.CCc1ccc(C)nc1.CSc1ccc(C)nc1.Cc1ccc(C)nc1.Cc1cccc(C)n1.Cc1csc(C)n1.Cc1csc(C)n1. The van der Waals surface area contributed by atoms with Gasteiger partial charge >= 0.3 is 0 Å². The van der Waals surface area contributed by atoms with Crippen molar-refractivity contribution in [3.8, 4) is 0 Å². The number of pyridine rings is 4. The normalized spacial score (nSPS) is 9.04. The molecule has 6 nitrogen and oxygen atoms in total. The molecule has 0 amide bonds. The van der Waals surface area contributed by atoms with Crippen LogP contribution in [0.1, 0.15) is 82.8 Å². The van der Waals surface area contributed by atoms with Crippen LogP contribution in [0.15, 0.2) is 88.8 Å². The zero-order chi connectivity index (χ0) is 35.9. The highest BCUT2D eigenvalue weighted by Crippen LogP contribution is 2.11. The number of thioether (sulfide) groups is 1. The number of hydrogen-bond donors (Lipinski definition) is 0. The lowest BCUT2D eigenvalue weighted by atomic mass is 10.2. The van der Waals surface area contributed by atoms with Gasteiger partial charge in [-0.05, 0) is 129 Å². The van der Waals surface area contributed by atoms with E-state index in [0.29, 0.717) is 0 Å². The molecule has 6 rings (SSSR count). The Kier molecular flexibility index (Phi) is 27.0. The summed E-state index contributed by atoms with van der Waals surface area (Å²) in [6, 6.07) is 18.3. The zero-order valence-electron chi connectivity index (χ0n) is 30.7. The molecule has 0 spiro atoms. The van der Waals surface area contributed by atoms with Gasteiger partial charge in [-0.3, -0.25) is 19.9 Å². The van der Waals surface area contributed by atoms with Crippen LogP contribution in [0.25, 0.3) is 0 Å². The molecule has 0 N–H and O–H groups in total. The Morgan fingerprint density at radius 3 is 1.20 bits per heavy atom. The van der Waals surface area contributed by atoms with E-state index in [1.165, 1.54) is 16.0 Å². The highest BCUT2D eigenvalue weighted by molar-refractivity contribution is 7.98. The molecule has 9 heteroatoms. The minimum absolute atomic E-state index is 0. The molecule has 0 unspecified atom stereocenters. The van der Waals surface area contributed by atoms with E-state index in [2.05, 4.69) is 65.8 Å². The molecule has 0 radical (unpaired) electrons. The Labute approximate surface area is 316 Å². The number of hydrogen-bond acceptors (Lipinski definition) is 9. The van der Waals surface area contributed by atoms with Gasteiger partial charge in [0.05, 0.1) is 10.0 Å². The van der Waals surface area contributed by atoms with E-state index in [0.717, 1.165) is 56.3 Å². The van der Waals surface area contributed by atoms with Crippen LogP contribution in [0.3, 0.4) is 0 Å². The maximum absolute atomic E-state index is 4.17. The average Bonchev–Trinajstić information content (AvgIpc) is 3.65. The molecule has 0 aliphatic heterocycles. The maximum atomic E-state index is 4.17. The van der Waals surface area contributed by atoms with Crippen LogP contribution in [0.2, 0.25) is 0 Å². The van der Waals surface area contributed by atoms with Crippen LogP contribution in [0.5, 0.6) is 0 Å². The van der Waals surface area contributed by atoms with Crippen molar-refractivity contribution in [2.45, 2.75) is 102 Å². The van der Waals surface area contributed by atoms with Crippen molar-refractivity contribution in [3.05, 3.63) is 145 Å². The molecule has 0 saturated heterocycles. The van der Waals surface area contributed by atoms with Crippen LogP contribution in [-0.2, 0) is 6.42 Å². The first kappa shape index (κ1) is 48.3. The van der Waals surface area contributed by atoms with E-state index in [-0.39, 0.29) is 14.9 Å². The van der Waals surface area contributed by atoms with E-state index < -0.39 is 0 Å². The van der Waals surface area contributed by atoms with E-state index in [1.807, 2.05) is 130 Å². The summed E-state index contributed by atoms with van der Waals surface area (Å²) in [7, 11) is 0. The summed E-state index contributed by atoms with van der Waals surface area (Å²) in [6.07, 6.45) is 8.81. The molecule has 0 fully saturated rings. The lowest BCUT2D eigenvalue weighted by Crippen LogP contribution is -1.83. The molecule has 0 aromatic carbocycles. The topological polar surface area (TPSA) is 77.3 Å². The molecule has 6 aromatic rings. The third-order valence-corrected chi connectivity index (χ3v) is 8.55. The van der Waals surface area contributed by atoms with Crippen LogP contribution < -0.4 is 0 Å². The molecule has 0 aliphatic rings. The van der Waals surface area contributed by atoms with Crippen molar-refractivity contribution >= 4 is 34.4 Å². The smallest absolute Gasteiger partial charge is 0.0897 e. The number of aromatic nitrogens is 6. The largest absolute Gasteiger partial charge is 0.261 e. The second-order valence-corrected chi connectivity index (χ2v) is 13.9. The maximum Gasteiger partial charge on any atom is 0.0897 e. The van der Waals surface area contributed by atoms with Crippen LogP contribution in [-0.4, -0.2) is 36.2 Å². The lowest BCUT2D eigenvalue weighted by molar-refractivity contribution is 1.08. The summed E-state index contributed by atoms with van der Waals surface area (Å²) in [5, 5.41) is 6.40. The number of rotatable bonds is 2. The molecule has 272 valence electrons. The van der Waals surface area contributed by atoms with Gasteiger partial charge in [0.2, 0.25) is 0 Å². The molecular weight excluding hydrogens is 673 g/mol. The minimum atomic E-state index is 0. The zero-order valence-corrected chi connectivity index (χ0v) is 33.1. The van der Waals surface area contributed by atoms with Gasteiger partial charge < -0.3 is 0 Å². The third kappa shape index (κ3) is 24.4. The molecule has 0 bridgehead atoms. The number of aryl methyl sites for hydroxylation is 11. The summed E-state index contributed by atoms with van der Waals surface area (Å²) in [6.45, 7) is 22.2. The predicted octanol–water partition coefficient (Wildman–Crippen LogP) is 12.3. The summed E-state index contributed by atoms with van der Waals surface area (Å²) < 4.78 is 0. The van der Waals surface area contributed by atoms with E-state index in [9.17, 15) is 0 Å². The van der Waals surface area contributed by atoms with Gasteiger partial charge in [0.15, 0.2) is 0 Å². The van der Waals surface area contributed by atoms with E-state index in [4.69, 9.17) is 0 Å².